The van der Waals surface area contributed by atoms with Crippen LogP contribution in [0.2, 0.25) is 0 Å². The molecule has 1 aliphatic heterocycles. The highest BCUT2D eigenvalue weighted by Crippen LogP contribution is 2.33. The maximum absolute atomic E-state index is 12.5. The Morgan fingerprint density at radius 1 is 1.28 bits per heavy atom. The maximum atomic E-state index is 12.5. The van der Waals surface area contributed by atoms with Crippen molar-refractivity contribution in [1.82, 2.24) is 5.23 Å². The molecule has 1 unspecified atom stereocenters. The lowest BCUT2D eigenvalue weighted by Crippen LogP contribution is -2.28. The number of benzene rings is 1. The van der Waals surface area contributed by atoms with Crippen molar-refractivity contribution in [1.29, 1.82) is 0 Å². The zero-order chi connectivity index (χ0) is 13.3. The summed E-state index contributed by atoms with van der Waals surface area (Å²) in [7, 11) is 1.22. The van der Waals surface area contributed by atoms with Crippen LogP contribution in [0, 0.1) is 6.92 Å². The maximum Gasteiger partial charge on any atom is 0.470 e. The Hall–Kier alpha value is -1.60. The molecule has 0 amide bonds. The van der Waals surface area contributed by atoms with Crippen LogP contribution in [0.3, 0.4) is 0 Å². The van der Waals surface area contributed by atoms with Crippen molar-refractivity contribution in [3.05, 3.63) is 35.4 Å². The number of nitrogens with zero attached hydrogens (tertiary/aromatic N) is 2. The van der Waals surface area contributed by atoms with E-state index < -0.39 is 18.2 Å². The predicted molar refractivity (Wildman–Crippen MR) is 57.3 cm³/mol. The number of hydrogen-bond donors (Lipinski definition) is 0. The van der Waals surface area contributed by atoms with Crippen LogP contribution in [0.5, 0.6) is 0 Å². The Morgan fingerprint density at radius 2 is 1.89 bits per heavy atom. The van der Waals surface area contributed by atoms with Gasteiger partial charge in [-0.2, -0.15) is 13.2 Å². The second-order valence-corrected chi connectivity index (χ2v) is 3.78. The molecule has 0 aromatic heterocycles. The summed E-state index contributed by atoms with van der Waals surface area (Å²) in [5.74, 6) is -1.31. The Morgan fingerprint density at radius 3 is 2.39 bits per heavy atom. The number of aryl methyl sites for hydroxylation is 1. The second kappa shape index (κ2) is 4.58. The summed E-state index contributed by atoms with van der Waals surface area (Å²) >= 11 is 0. The van der Waals surface area contributed by atoms with E-state index >= 15 is 0 Å². The molecule has 1 aromatic carbocycles. The molecule has 0 aliphatic carbocycles. The van der Waals surface area contributed by atoms with E-state index in [1.807, 2.05) is 6.92 Å². The molecule has 0 saturated carbocycles. The van der Waals surface area contributed by atoms with Crippen molar-refractivity contribution in [2.75, 3.05) is 7.11 Å². The van der Waals surface area contributed by atoms with Gasteiger partial charge in [0.15, 0.2) is 6.17 Å². The molecular weight excluding hydrogens is 249 g/mol. The molecule has 1 aliphatic rings. The highest BCUT2D eigenvalue weighted by atomic mass is 19.4. The van der Waals surface area contributed by atoms with Gasteiger partial charge in [0, 0.05) is 5.23 Å². The Kier molecular flexibility index (Phi) is 3.27. The molecule has 4 nitrogen and oxygen atoms in total. The van der Waals surface area contributed by atoms with Crippen LogP contribution in [-0.2, 0) is 9.68 Å². The van der Waals surface area contributed by atoms with Gasteiger partial charge in [-0.25, -0.2) is 4.99 Å². The average molecular weight is 260 g/mol. The topological polar surface area (TPSA) is 34.1 Å². The molecule has 1 heterocycles. The summed E-state index contributed by atoms with van der Waals surface area (Å²) < 4.78 is 37.5. The highest BCUT2D eigenvalue weighted by Gasteiger charge is 2.46. The van der Waals surface area contributed by atoms with Crippen molar-refractivity contribution in [3.63, 3.8) is 0 Å². The van der Waals surface area contributed by atoms with Gasteiger partial charge in [0.2, 0.25) is 0 Å². The summed E-state index contributed by atoms with van der Waals surface area (Å²) in [6.07, 6.45) is -5.58. The number of aliphatic imine (C=N–C) groups is 1. The third kappa shape index (κ3) is 2.46. The van der Waals surface area contributed by atoms with Crippen molar-refractivity contribution in [2.45, 2.75) is 19.3 Å². The quantitative estimate of drug-likeness (QED) is 0.820. The lowest BCUT2D eigenvalue weighted by atomic mass is 10.1. The number of halogens is 3. The fourth-order valence-corrected chi connectivity index (χ4v) is 1.51. The van der Waals surface area contributed by atoms with Crippen LogP contribution in [0.4, 0.5) is 13.2 Å². The van der Waals surface area contributed by atoms with E-state index in [9.17, 15) is 13.2 Å². The molecule has 98 valence electrons. The van der Waals surface area contributed by atoms with Crippen LogP contribution in [0.1, 0.15) is 17.3 Å². The first-order valence-corrected chi connectivity index (χ1v) is 5.14. The first-order chi connectivity index (χ1) is 8.41. The van der Waals surface area contributed by atoms with Gasteiger partial charge in [-0.1, -0.05) is 29.8 Å². The van der Waals surface area contributed by atoms with E-state index in [0.717, 1.165) is 5.56 Å². The first kappa shape index (κ1) is 12.8. The molecule has 0 bridgehead atoms. The van der Waals surface area contributed by atoms with Crippen LogP contribution in [-0.4, -0.2) is 24.4 Å². The minimum atomic E-state index is -4.63. The van der Waals surface area contributed by atoms with Gasteiger partial charge in [-0.05, 0) is 12.5 Å². The third-order valence-electron chi connectivity index (χ3n) is 2.41. The summed E-state index contributed by atoms with van der Waals surface area (Å²) in [4.78, 5) is 12.7. The monoisotopic (exact) mass is 260 g/mol. The van der Waals surface area contributed by atoms with Crippen molar-refractivity contribution < 1.29 is 22.8 Å². The van der Waals surface area contributed by atoms with Gasteiger partial charge in [-0.3, -0.25) is 4.84 Å². The molecule has 0 radical (unpaired) electrons. The smallest absolute Gasteiger partial charge is 0.353 e. The first-order valence-electron chi connectivity index (χ1n) is 5.14. The van der Waals surface area contributed by atoms with Crippen molar-refractivity contribution in [2.24, 2.45) is 4.99 Å². The normalized spacial score (nSPS) is 20.7. The third-order valence-corrected chi connectivity index (χ3v) is 2.41. The Bertz CT molecular complexity index is 456. The number of alkyl halides is 3. The molecular formula is C11H11F3N2O2. The molecule has 1 aromatic rings. The molecule has 7 heteroatoms. The molecule has 0 fully saturated rings. The van der Waals surface area contributed by atoms with Crippen LogP contribution in [0.15, 0.2) is 29.3 Å². The molecule has 0 N–H and O–H groups in total. The zero-order valence-corrected chi connectivity index (χ0v) is 9.73. The van der Waals surface area contributed by atoms with Gasteiger partial charge in [0.1, 0.15) is 0 Å². The van der Waals surface area contributed by atoms with E-state index in [1.54, 1.807) is 24.3 Å². The highest BCUT2D eigenvalue weighted by molar-refractivity contribution is 5.82. The van der Waals surface area contributed by atoms with Crippen LogP contribution < -0.4 is 0 Å². The fraction of sp³-hybridized carbons (Fsp3) is 0.364. The van der Waals surface area contributed by atoms with E-state index in [1.165, 1.54) is 7.11 Å². The summed E-state index contributed by atoms with van der Waals surface area (Å²) in [5, 5.41) is 0.716. The Labute approximate surface area is 102 Å². The molecule has 18 heavy (non-hydrogen) atoms. The minimum absolute atomic E-state index is 0.557. The van der Waals surface area contributed by atoms with E-state index in [-0.39, 0.29) is 0 Å². The largest absolute Gasteiger partial charge is 0.470 e. The molecule has 1 atom stereocenters. The zero-order valence-electron chi connectivity index (χ0n) is 9.73. The average Bonchev–Trinajstić information content (AvgIpc) is 2.73. The summed E-state index contributed by atoms with van der Waals surface area (Å²) in [6.45, 7) is 1.88. The molecule has 2 rings (SSSR count). The predicted octanol–water partition coefficient (Wildman–Crippen LogP) is 2.76. The summed E-state index contributed by atoms with van der Waals surface area (Å²) in [5.41, 5.74) is 1.56. The van der Waals surface area contributed by atoms with Crippen molar-refractivity contribution in [3.8, 4) is 0 Å². The van der Waals surface area contributed by atoms with Crippen LogP contribution in [0.25, 0.3) is 0 Å². The number of rotatable bonds is 2. The molecule has 0 spiro atoms. The lowest BCUT2D eigenvalue weighted by Gasteiger charge is -2.18. The standard InChI is InChI=1S/C11H11F3N2O2/c1-7-3-5-8(6-4-7)9-15-10(11(12,13)14)18-16(9)17-2/h3-6,9H,1-2H3. The SMILES string of the molecule is CON1OC(C(F)(F)F)=NC1c1ccc(C)cc1. The van der Waals surface area contributed by atoms with Gasteiger partial charge < -0.3 is 4.84 Å². The van der Waals surface area contributed by atoms with Gasteiger partial charge >= 0.3 is 12.1 Å². The minimum Gasteiger partial charge on any atom is -0.353 e. The fourth-order valence-electron chi connectivity index (χ4n) is 1.51. The van der Waals surface area contributed by atoms with Gasteiger partial charge in [-0.15, -0.1) is 0 Å². The Balaban J connectivity index is 2.30. The van der Waals surface area contributed by atoms with Crippen molar-refractivity contribution >= 4 is 5.90 Å². The van der Waals surface area contributed by atoms with Crippen LogP contribution >= 0.6 is 0 Å². The van der Waals surface area contributed by atoms with Gasteiger partial charge in [0.25, 0.3) is 0 Å². The molecule has 0 saturated heterocycles. The van der Waals surface area contributed by atoms with E-state index in [0.29, 0.717) is 10.8 Å². The lowest BCUT2D eigenvalue weighted by molar-refractivity contribution is -0.329. The van der Waals surface area contributed by atoms with E-state index in [2.05, 4.69) is 9.83 Å². The van der Waals surface area contributed by atoms with E-state index in [4.69, 9.17) is 4.84 Å². The number of hydrogen-bond acceptors (Lipinski definition) is 4. The second-order valence-electron chi connectivity index (χ2n) is 3.78. The number of hydroxylamine groups is 2. The van der Waals surface area contributed by atoms with Gasteiger partial charge in [0.05, 0.1) is 7.11 Å². The summed E-state index contributed by atoms with van der Waals surface area (Å²) in [6, 6.07) is 6.92.